The Bertz CT molecular complexity index is 1420. The highest BCUT2D eigenvalue weighted by Gasteiger charge is 2.28. The van der Waals surface area contributed by atoms with Gasteiger partial charge in [-0.15, -0.1) is 0 Å². The van der Waals surface area contributed by atoms with E-state index in [1.807, 2.05) is 12.1 Å². The minimum Gasteiger partial charge on any atom is -0.356 e. The van der Waals surface area contributed by atoms with Crippen molar-refractivity contribution in [2.45, 2.75) is 17.7 Å². The van der Waals surface area contributed by atoms with E-state index in [0.29, 0.717) is 17.2 Å². The molecule has 33 heavy (non-hydrogen) atoms. The van der Waals surface area contributed by atoms with Crippen molar-refractivity contribution < 1.29 is 17.3 Å². The fourth-order valence-corrected chi connectivity index (χ4v) is 5.61. The second-order valence-electron chi connectivity index (χ2n) is 8.50. The molecule has 172 valence electrons. The van der Waals surface area contributed by atoms with Crippen molar-refractivity contribution in [2.75, 3.05) is 26.2 Å². The normalized spacial score (nSPS) is 15.3. The second kappa shape index (κ2) is 9.02. The fraction of sp³-hybridized carbons (Fsp3) is 0.292. The van der Waals surface area contributed by atoms with E-state index < -0.39 is 10.0 Å². The largest absolute Gasteiger partial charge is 0.356 e. The zero-order chi connectivity index (χ0) is 23.0. The summed E-state index contributed by atoms with van der Waals surface area (Å²) < 4.78 is 46.6. The number of benzene rings is 3. The van der Waals surface area contributed by atoms with E-state index in [4.69, 9.17) is 16.1 Å². The quantitative estimate of drug-likeness (QED) is 0.392. The molecule has 4 aromatic rings. The van der Waals surface area contributed by atoms with Gasteiger partial charge in [0.25, 0.3) is 0 Å². The van der Waals surface area contributed by atoms with E-state index in [-0.39, 0.29) is 16.6 Å². The van der Waals surface area contributed by atoms with Crippen LogP contribution in [0.1, 0.15) is 12.1 Å². The number of sulfonamides is 1. The van der Waals surface area contributed by atoms with Gasteiger partial charge in [-0.25, -0.2) is 17.5 Å². The number of aryl methyl sites for hydroxylation is 1. The third-order valence-electron chi connectivity index (χ3n) is 6.08. The lowest BCUT2D eigenvalue weighted by molar-refractivity contribution is 0.102. The maximum absolute atomic E-state index is 13.3. The molecule has 1 aliphatic rings. The Kier molecular flexibility index (Phi) is 6.09. The Labute approximate surface area is 196 Å². The molecule has 0 radical (unpaired) electrons. The van der Waals surface area contributed by atoms with Crippen LogP contribution in [-0.4, -0.2) is 44.7 Å². The molecule has 6 nitrogen and oxygen atoms in total. The number of hydrogen-bond acceptors (Lipinski definition) is 5. The van der Waals surface area contributed by atoms with Crippen LogP contribution in [0.5, 0.6) is 0 Å². The highest BCUT2D eigenvalue weighted by molar-refractivity contribution is 7.89. The number of halogens is 2. The lowest BCUT2D eigenvalue weighted by Crippen LogP contribution is -2.51. The van der Waals surface area contributed by atoms with Crippen LogP contribution in [0.2, 0.25) is 5.02 Å². The van der Waals surface area contributed by atoms with Crippen LogP contribution in [0, 0.1) is 11.7 Å². The second-order valence-corrected chi connectivity index (χ2v) is 10.7. The highest BCUT2D eigenvalue weighted by Crippen LogP contribution is 2.24. The number of nitrogens with one attached hydrogen (secondary N) is 1. The van der Waals surface area contributed by atoms with Crippen LogP contribution in [0.3, 0.4) is 0 Å². The number of aromatic nitrogens is 1. The van der Waals surface area contributed by atoms with Gasteiger partial charge >= 0.3 is 0 Å². The summed E-state index contributed by atoms with van der Waals surface area (Å²) in [6.45, 7) is 3.01. The standard InChI is InChI=1S/C24H23ClFN3O3S/c25-19-5-3-18-11-21(7-4-17(18)10-19)33(30,31)27-13-16-14-29(15-16)9-1-2-23-22-8-6-20(26)12-24(22)32-28-23/h3-8,10-12,16,27H,1-2,9,13-15H2. The summed E-state index contributed by atoms with van der Waals surface area (Å²) in [6, 6.07) is 14.9. The molecule has 5 rings (SSSR count). The van der Waals surface area contributed by atoms with Crippen molar-refractivity contribution in [2.24, 2.45) is 5.92 Å². The number of rotatable bonds is 8. The Morgan fingerprint density at radius 2 is 1.88 bits per heavy atom. The molecule has 1 aliphatic heterocycles. The molecule has 1 saturated heterocycles. The summed E-state index contributed by atoms with van der Waals surface area (Å²) in [7, 11) is -3.57. The first-order chi connectivity index (χ1) is 15.9. The molecule has 0 unspecified atom stereocenters. The van der Waals surface area contributed by atoms with Crippen molar-refractivity contribution in [3.63, 3.8) is 0 Å². The minimum atomic E-state index is -3.57. The summed E-state index contributed by atoms with van der Waals surface area (Å²) in [6.07, 6.45) is 1.65. The zero-order valence-electron chi connectivity index (χ0n) is 17.8. The molecule has 1 fully saturated rings. The molecule has 2 heterocycles. The Hall–Kier alpha value is -2.52. The molecule has 0 aliphatic carbocycles. The summed E-state index contributed by atoms with van der Waals surface area (Å²) in [5.41, 5.74) is 1.31. The number of nitrogens with zero attached hydrogens (tertiary/aromatic N) is 2. The number of likely N-dealkylation sites (tertiary alicyclic amines) is 1. The van der Waals surface area contributed by atoms with Crippen molar-refractivity contribution in [3.05, 3.63) is 71.1 Å². The first-order valence-electron chi connectivity index (χ1n) is 10.8. The molecule has 1 aromatic heterocycles. The van der Waals surface area contributed by atoms with Gasteiger partial charge in [0.15, 0.2) is 5.58 Å². The van der Waals surface area contributed by atoms with E-state index in [1.165, 1.54) is 12.1 Å². The van der Waals surface area contributed by atoms with Gasteiger partial charge in [0.1, 0.15) is 5.82 Å². The Balaban J connectivity index is 1.08. The maximum atomic E-state index is 13.3. The van der Waals surface area contributed by atoms with Gasteiger partial charge in [0, 0.05) is 36.1 Å². The lowest BCUT2D eigenvalue weighted by Gasteiger charge is -2.39. The molecule has 0 amide bonds. The zero-order valence-corrected chi connectivity index (χ0v) is 19.4. The molecule has 0 atom stereocenters. The lowest BCUT2D eigenvalue weighted by atomic mass is 10.00. The molecular weight excluding hydrogens is 465 g/mol. The topological polar surface area (TPSA) is 75.4 Å². The van der Waals surface area contributed by atoms with Gasteiger partial charge in [-0.1, -0.05) is 28.9 Å². The van der Waals surface area contributed by atoms with E-state index in [2.05, 4.69) is 14.8 Å². The highest BCUT2D eigenvalue weighted by atomic mass is 35.5. The van der Waals surface area contributed by atoms with Gasteiger partial charge in [-0.2, -0.15) is 0 Å². The Morgan fingerprint density at radius 3 is 2.73 bits per heavy atom. The summed E-state index contributed by atoms with van der Waals surface area (Å²) >= 11 is 6.00. The Morgan fingerprint density at radius 1 is 1.09 bits per heavy atom. The van der Waals surface area contributed by atoms with Crippen LogP contribution in [0.4, 0.5) is 4.39 Å². The monoisotopic (exact) mass is 487 g/mol. The number of hydrogen-bond donors (Lipinski definition) is 1. The van der Waals surface area contributed by atoms with Crippen LogP contribution in [0.25, 0.3) is 21.7 Å². The third kappa shape index (κ3) is 4.89. The van der Waals surface area contributed by atoms with E-state index >= 15 is 0 Å². The molecule has 3 aromatic carbocycles. The van der Waals surface area contributed by atoms with Gasteiger partial charge < -0.3 is 9.42 Å². The first-order valence-corrected chi connectivity index (χ1v) is 12.7. The van der Waals surface area contributed by atoms with E-state index in [1.54, 1.807) is 30.3 Å². The van der Waals surface area contributed by atoms with Crippen molar-refractivity contribution in [3.8, 4) is 0 Å². The van der Waals surface area contributed by atoms with Gasteiger partial charge in [-0.3, -0.25) is 0 Å². The smallest absolute Gasteiger partial charge is 0.240 e. The SMILES string of the molecule is O=S(=O)(NCC1CN(CCCc2noc3cc(F)ccc23)C1)c1ccc2cc(Cl)ccc2c1. The predicted molar refractivity (Wildman–Crippen MR) is 126 cm³/mol. The van der Waals surface area contributed by atoms with Gasteiger partial charge in [0.2, 0.25) is 10.0 Å². The summed E-state index contributed by atoms with van der Waals surface area (Å²) in [4.78, 5) is 2.55. The minimum absolute atomic E-state index is 0.258. The maximum Gasteiger partial charge on any atom is 0.240 e. The summed E-state index contributed by atoms with van der Waals surface area (Å²) in [5.74, 6) is -0.0483. The molecule has 0 saturated carbocycles. The molecular formula is C24H23ClFN3O3S. The number of fused-ring (bicyclic) bond motifs is 2. The van der Waals surface area contributed by atoms with Crippen LogP contribution in [0.15, 0.2) is 64.0 Å². The first kappa shape index (κ1) is 22.3. The molecule has 0 bridgehead atoms. The van der Waals surface area contributed by atoms with Crippen molar-refractivity contribution in [1.82, 2.24) is 14.8 Å². The predicted octanol–water partition coefficient (Wildman–Crippen LogP) is 4.62. The van der Waals surface area contributed by atoms with Crippen molar-refractivity contribution >= 4 is 43.4 Å². The van der Waals surface area contributed by atoms with E-state index in [9.17, 15) is 12.8 Å². The van der Waals surface area contributed by atoms with Gasteiger partial charge in [-0.05, 0) is 72.5 Å². The van der Waals surface area contributed by atoms with Gasteiger partial charge in [0.05, 0.1) is 10.6 Å². The van der Waals surface area contributed by atoms with E-state index in [0.717, 1.165) is 54.3 Å². The molecule has 9 heteroatoms. The average Bonchev–Trinajstić information content (AvgIpc) is 3.16. The average molecular weight is 488 g/mol. The van der Waals surface area contributed by atoms with Crippen LogP contribution >= 0.6 is 11.6 Å². The van der Waals surface area contributed by atoms with Crippen LogP contribution in [-0.2, 0) is 16.4 Å². The van der Waals surface area contributed by atoms with Crippen molar-refractivity contribution in [1.29, 1.82) is 0 Å². The van der Waals surface area contributed by atoms with Crippen LogP contribution < -0.4 is 4.72 Å². The fourth-order valence-electron chi connectivity index (χ4n) is 4.28. The molecule has 1 N–H and O–H groups in total. The third-order valence-corrected chi connectivity index (χ3v) is 7.73. The summed E-state index contributed by atoms with van der Waals surface area (Å²) in [5, 5.41) is 7.27. The molecule has 0 spiro atoms.